The van der Waals surface area contributed by atoms with E-state index in [1.54, 1.807) is 0 Å². The van der Waals surface area contributed by atoms with Crippen LogP contribution in [0.4, 0.5) is 0 Å². The smallest absolute Gasteiger partial charge is 0.246 e. The Kier molecular flexibility index (Phi) is 5.44. The molecular formula is C22H26O3. The van der Waals surface area contributed by atoms with Gasteiger partial charge in [-0.15, -0.1) is 6.58 Å². The summed E-state index contributed by atoms with van der Waals surface area (Å²) in [4.78, 5) is 0. The van der Waals surface area contributed by atoms with E-state index in [0.29, 0.717) is 6.10 Å². The van der Waals surface area contributed by atoms with Crippen molar-refractivity contribution in [3.8, 4) is 11.5 Å². The molecule has 0 N–H and O–H groups in total. The van der Waals surface area contributed by atoms with Gasteiger partial charge in [-0.05, 0) is 36.6 Å². The highest BCUT2D eigenvalue weighted by Crippen LogP contribution is 2.40. The molecule has 2 atom stereocenters. The van der Waals surface area contributed by atoms with E-state index in [-0.39, 0.29) is 11.3 Å². The zero-order valence-electron chi connectivity index (χ0n) is 14.9. The molecule has 3 heteroatoms. The van der Waals surface area contributed by atoms with Gasteiger partial charge in [0.05, 0.1) is 12.7 Å². The number of epoxide rings is 1. The van der Waals surface area contributed by atoms with Crippen molar-refractivity contribution in [1.29, 1.82) is 0 Å². The van der Waals surface area contributed by atoms with Crippen molar-refractivity contribution in [2.75, 3.05) is 6.61 Å². The first-order valence-electron chi connectivity index (χ1n) is 8.77. The highest BCUT2D eigenvalue weighted by atomic mass is 16.7. The van der Waals surface area contributed by atoms with Gasteiger partial charge in [0.2, 0.25) is 6.29 Å². The molecule has 2 aromatic rings. The van der Waals surface area contributed by atoms with Gasteiger partial charge in [-0.25, -0.2) is 0 Å². The van der Waals surface area contributed by atoms with Gasteiger partial charge in [-0.1, -0.05) is 56.3 Å². The Bertz CT molecular complexity index is 621. The van der Waals surface area contributed by atoms with Gasteiger partial charge in [-0.3, -0.25) is 0 Å². The van der Waals surface area contributed by atoms with Gasteiger partial charge >= 0.3 is 0 Å². The first kappa shape index (κ1) is 17.6. The van der Waals surface area contributed by atoms with E-state index in [2.05, 4.69) is 20.4 Å². The summed E-state index contributed by atoms with van der Waals surface area (Å²) in [7, 11) is 0. The van der Waals surface area contributed by atoms with Crippen molar-refractivity contribution in [2.24, 2.45) is 11.3 Å². The molecule has 1 aliphatic rings. The Balaban J connectivity index is 1.83. The van der Waals surface area contributed by atoms with Crippen LogP contribution in [0, 0.1) is 11.3 Å². The molecule has 0 amide bonds. The lowest BCUT2D eigenvalue weighted by atomic mass is 9.75. The number of benzene rings is 2. The maximum atomic E-state index is 6.26. The third-order valence-corrected chi connectivity index (χ3v) is 4.74. The topological polar surface area (TPSA) is 31.0 Å². The second kappa shape index (κ2) is 7.75. The molecule has 0 aromatic heterocycles. The lowest BCUT2D eigenvalue weighted by molar-refractivity contribution is -0.0997. The van der Waals surface area contributed by atoms with Crippen molar-refractivity contribution in [3.05, 3.63) is 73.3 Å². The minimum atomic E-state index is -0.445. The van der Waals surface area contributed by atoms with Crippen LogP contribution in [0.3, 0.4) is 0 Å². The van der Waals surface area contributed by atoms with Crippen molar-refractivity contribution in [1.82, 2.24) is 0 Å². The molecular weight excluding hydrogens is 312 g/mol. The van der Waals surface area contributed by atoms with Crippen LogP contribution < -0.4 is 9.47 Å². The quantitative estimate of drug-likeness (QED) is 0.362. The highest BCUT2D eigenvalue weighted by molar-refractivity contribution is 5.24. The lowest BCUT2D eigenvalue weighted by Crippen LogP contribution is -2.44. The SMILES string of the molecule is C=CC(CC1CO1)C(C)(C)C(Oc1ccccc1)Oc1ccccc1. The average molecular weight is 338 g/mol. The Morgan fingerprint density at radius 3 is 1.92 bits per heavy atom. The summed E-state index contributed by atoms with van der Waals surface area (Å²) in [6, 6.07) is 19.6. The van der Waals surface area contributed by atoms with Gasteiger partial charge < -0.3 is 14.2 Å². The maximum Gasteiger partial charge on any atom is 0.246 e. The molecule has 0 bridgehead atoms. The van der Waals surface area contributed by atoms with Gasteiger partial charge in [0.25, 0.3) is 0 Å². The fourth-order valence-corrected chi connectivity index (χ4v) is 2.94. The normalized spacial score (nSPS) is 17.8. The summed E-state index contributed by atoms with van der Waals surface area (Å²) in [6.45, 7) is 9.21. The molecule has 3 rings (SSSR count). The summed E-state index contributed by atoms with van der Waals surface area (Å²) >= 11 is 0. The van der Waals surface area contributed by atoms with Crippen LogP contribution in [0.2, 0.25) is 0 Å². The molecule has 1 fully saturated rings. The van der Waals surface area contributed by atoms with Crippen LogP contribution in [0.5, 0.6) is 11.5 Å². The zero-order chi connectivity index (χ0) is 17.7. The Morgan fingerprint density at radius 1 is 1.04 bits per heavy atom. The summed E-state index contributed by atoms with van der Waals surface area (Å²) in [6.07, 6.45) is 2.82. The van der Waals surface area contributed by atoms with Gasteiger partial charge in [0.15, 0.2) is 0 Å². The fourth-order valence-electron chi connectivity index (χ4n) is 2.94. The fraction of sp³-hybridized carbons (Fsp3) is 0.364. The van der Waals surface area contributed by atoms with Crippen LogP contribution in [0.1, 0.15) is 20.3 Å². The number of para-hydroxylation sites is 2. The maximum absolute atomic E-state index is 6.26. The summed E-state index contributed by atoms with van der Waals surface area (Å²) in [5, 5.41) is 0. The first-order chi connectivity index (χ1) is 12.1. The molecule has 0 aliphatic carbocycles. The molecule has 2 aromatic carbocycles. The molecule has 1 aliphatic heterocycles. The minimum Gasteiger partial charge on any atom is -0.454 e. The second-order valence-electron chi connectivity index (χ2n) is 7.05. The van der Waals surface area contributed by atoms with Crippen LogP contribution in [-0.4, -0.2) is 19.0 Å². The standard InChI is InChI=1S/C22H26O3/c1-4-17(15-20-16-23-20)22(2,3)21(24-18-11-7-5-8-12-18)25-19-13-9-6-10-14-19/h4-14,17,20-21H,1,15-16H2,2-3H3. The molecule has 25 heavy (non-hydrogen) atoms. The molecule has 3 nitrogen and oxygen atoms in total. The largest absolute Gasteiger partial charge is 0.454 e. The van der Waals surface area contributed by atoms with Gasteiger partial charge in [0, 0.05) is 5.41 Å². The van der Waals surface area contributed by atoms with Crippen molar-refractivity contribution < 1.29 is 14.2 Å². The van der Waals surface area contributed by atoms with Crippen molar-refractivity contribution in [2.45, 2.75) is 32.7 Å². The third kappa shape index (κ3) is 4.64. The number of hydrogen-bond acceptors (Lipinski definition) is 3. The Labute approximate surface area is 150 Å². The van der Waals surface area contributed by atoms with Crippen LogP contribution in [-0.2, 0) is 4.74 Å². The van der Waals surface area contributed by atoms with E-state index in [0.717, 1.165) is 24.5 Å². The predicted octanol–water partition coefficient (Wildman–Crippen LogP) is 5.09. The van der Waals surface area contributed by atoms with Crippen LogP contribution >= 0.6 is 0 Å². The highest BCUT2D eigenvalue weighted by Gasteiger charge is 2.42. The monoisotopic (exact) mass is 338 g/mol. The summed E-state index contributed by atoms with van der Waals surface area (Å²) in [5.74, 6) is 1.81. The molecule has 1 saturated heterocycles. The van der Waals surface area contributed by atoms with Crippen molar-refractivity contribution >= 4 is 0 Å². The van der Waals surface area contributed by atoms with E-state index in [1.165, 1.54) is 0 Å². The predicted molar refractivity (Wildman–Crippen MR) is 99.8 cm³/mol. The number of ether oxygens (including phenoxy) is 3. The number of hydrogen-bond donors (Lipinski definition) is 0. The molecule has 132 valence electrons. The molecule has 0 spiro atoms. The Morgan fingerprint density at radius 2 is 1.52 bits per heavy atom. The lowest BCUT2D eigenvalue weighted by Gasteiger charge is -2.39. The van der Waals surface area contributed by atoms with Gasteiger partial charge in [0.1, 0.15) is 11.5 Å². The third-order valence-electron chi connectivity index (χ3n) is 4.74. The second-order valence-corrected chi connectivity index (χ2v) is 7.05. The van der Waals surface area contributed by atoms with E-state index in [9.17, 15) is 0 Å². The number of allylic oxidation sites excluding steroid dienone is 1. The average Bonchev–Trinajstić information content (AvgIpc) is 3.45. The Hall–Kier alpha value is -2.26. The molecule has 0 saturated carbocycles. The van der Waals surface area contributed by atoms with E-state index >= 15 is 0 Å². The number of rotatable bonds is 9. The van der Waals surface area contributed by atoms with E-state index < -0.39 is 6.29 Å². The van der Waals surface area contributed by atoms with E-state index in [1.807, 2.05) is 66.7 Å². The molecule has 2 unspecified atom stereocenters. The van der Waals surface area contributed by atoms with Crippen LogP contribution in [0.25, 0.3) is 0 Å². The van der Waals surface area contributed by atoms with E-state index in [4.69, 9.17) is 14.2 Å². The van der Waals surface area contributed by atoms with Gasteiger partial charge in [-0.2, -0.15) is 0 Å². The minimum absolute atomic E-state index is 0.220. The molecule has 0 radical (unpaired) electrons. The zero-order valence-corrected chi connectivity index (χ0v) is 14.9. The summed E-state index contributed by atoms with van der Waals surface area (Å²) in [5.41, 5.74) is -0.278. The first-order valence-corrected chi connectivity index (χ1v) is 8.77. The van der Waals surface area contributed by atoms with Crippen LogP contribution in [0.15, 0.2) is 73.3 Å². The van der Waals surface area contributed by atoms with Crippen molar-refractivity contribution in [3.63, 3.8) is 0 Å². The summed E-state index contributed by atoms with van der Waals surface area (Å²) < 4.78 is 17.9. The molecule has 1 heterocycles.